The van der Waals surface area contributed by atoms with Crippen LogP contribution in [0, 0.1) is 11.3 Å². The lowest BCUT2D eigenvalue weighted by molar-refractivity contribution is -0.112. The molecule has 0 spiro atoms. The number of nitrogens with zero attached hydrogens (tertiary/aromatic N) is 2. The maximum atomic E-state index is 12.7. The van der Waals surface area contributed by atoms with Gasteiger partial charge in [-0.15, -0.1) is 0 Å². The van der Waals surface area contributed by atoms with Gasteiger partial charge in [0.25, 0.3) is 5.91 Å². The standard InChI is InChI=1S/C24H26BrN3O2/c1-15-13-24(2,3)28(4)21-12-22(30-5)16(11-20(15)21)10-17(14-26)23(29)27-19-8-6-18(25)7-9-19/h6-12,15H,13H2,1-5H3,(H,27,29)/b17-10+. The van der Waals surface area contributed by atoms with Crippen molar-refractivity contribution < 1.29 is 9.53 Å². The lowest BCUT2D eigenvalue weighted by Gasteiger charge is -2.45. The van der Waals surface area contributed by atoms with Crippen molar-refractivity contribution in [3.8, 4) is 11.8 Å². The second-order valence-electron chi connectivity index (χ2n) is 8.26. The maximum absolute atomic E-state index is 12.7. The number of anilines is 2. The molecule has 1 aliphatic heterocycles. The Morgan fingerprint density at radius 2 is 2.00 bits per heavy atom. The number of fused-ring (bicyclic) bond motifs is 1. The van der Waals surface area contributed by atoms with Crippen LogP contribution in [0.5, 0.6) is 5.75 Å². The third-order valence-electron chi connectivity index (χ3n) is 5.75. The van der Waals surface area contributed by atoms with Crippen LogP contribution < -0.4 is 15.0 Å². The molecule has 3 rings (SSSR count). The summed E-state index contributed by atoms with van der Waals surface area (Å²) in [5.74, 6) is 0.534. The zero-order valence-corrected chi connectivity index (χ0v) is 19.5. The van der Waals surface area contributed by atoms with Crippen molar-refractivity contribution in [2.24, 2.45) is 0 Å². The molecule has 1 heterocycles. The Morgan fingerprint density at radius 3 is 2.60 bits per heavy atom. The number of nitrogens with one attached hydrogen (secondary N) is 1. The molecule has 1 atom stereocenters. The average molecular weight is 468 g/mol. The molecule has 0 aliphatic carbocycles. The lowest BCUT2D eigenvalue weighted by Crippen LogP contribution is -2.45. The molecule has 0 saturated heterocycles. The number of hydrogen-bond donors (Lipinski definition) is 1. The Morgan fingerprint density at radius 1 is 1.33 bits per heavy atom. The Labute approximate surface area is 186 Å². The minimum atomic E-state index is -0.453. The highest BCUT2D eigenvalue weighted by molar-refractivity contribution is 9.10. The van der Waals surface area contributed by atoms with E-state index in [1.165, 1.54) is 5.56 Å². The van der Waals surface area contributed by atoms with E-state index >= 15 is 0 Å². The van der Waals surface area contributed by atoms with Gasteiger partial charge in [0.05, 0.1) is 7.11 Å². The van der Waals surface area contributed by atoms with E-state index in [0.717, 1.165) is 22.1 Å². The highest BCUT2D eigenvalue weighted by Crippen LogP contribution is 2.45. The second-order valence-corrected chi connectivity index (χ2v) is 9.18. The molecule has 0 aromatic heterocycles. The summed E-state index contributed by atoms with van der Waals surface area (Å²) in [7, 11) is 3.69. The minimum Gasteiger partial charge on any atom is -0.496 e. The van der Waals surface area contributed by atoms with Gasteiger partial charge in [0, 0.05) is 40.1 Å². The molecule has 2 aromatic rings. The van der Waals surface area contributed by atoms with Crippen molar-refractivity contribution >= 4 is 39.3 Å². The molecule has 0 radical (unpaired) electrons. The predicted molar refractivity (Wildman–Crippen MR) is 125 cm³/mol. The molecule has 2 aromatic carbocycles. The molecule has 6 heteroatoms. The molecule has 0 fully saturated rings. The summed E-state index contributed by atoms with van der Waals surface area (Å²) >= 11 is 3.37. The number of benzene rings is 2. The summed E-state index contributed by atoms with van der Waals surface area (Å²) in [4.78, 5) is 14.9. The van der Waals surface area contributed by atoms with Crippen LogP contribution in [0.25, 0.3) is 6.08 Å². The molecule has 5 nitrogen and oxygen atoms in total. The summed E-state index contributed by atoms with van der Waals surface area (Å²) < 4.78 is 6.52. The maximum Gasteiger partial charge on any atom is 0.266 e. The van der Waals surface area contributed by atoms with Crippen molar-refractivity contribution in [3.05, 3.63) is 57.6 Å². The van der Waals surface area contributed by atoms with Crippen LogP contribution >= 0.6 is 15.9 Å². The number of ether oxygens (including phenoxy) is 1. The van der Waals surface area contributed by atoms with E-state index in [1.54, 1.807) is 25.3 Å². The zero-order valence-electron chi connectivity index (χ0n) is 17.9. The van der Waals surface area contributed by atoms with E-state index in [-0.39, 0.29) is 11.1 Å². The number of hydrogen-bond acceptors (Lipinski definition) is 4. The van der Waals surface area contributed by atoms with Crippen LogP contribution in [0.3, 0.4) is 0 Å². The number of methoxy groups -OCH3 is 1. The van der Waals surface area contributed by atoms with Crippen molar-refractivity contribution in [2.45, 2.75) is 38.6 Å². The second kappa shape index (κ2) is 8.53. The Bertz CT molecular complexity index is 1040. The Hall–Kier alpha value is -2.78. The molecule has 0 bridgehead atoms. The predicted octanol–water partition coefficient (Wildman–Crippen LogP) is 5.73. The smallest absolute Gasteiger partial charge is 0.266 e. The highest BCUT2D eigenvalue weighted by atomic mass is 79.9. The van der Waals surface area contributed by atoms with E-state index in [0.29, 0.717) is 17.4 Å². The van der Waals surface area contributed by atoms with Gasteiger partial charge in [0.2, 0.25) is 0 Å². The number of halogens is 1. The topological polar surface area (TPSA) is 65.4 Å². The molecule has 1 N–H and O–H groups in total. The summed E-state index contributed by atoms with van der Waals surface area (Å²) in [6, 6.07) is 13.3. The molecule has 1 aliphatic rings. The molecule has 30 heavy (non-hydrogen) atoms. The number of nitriles is 1. The number of amides is 1. The number of rotatable bonds is 4. The highest BCUT2D eigenvalue weighted by Gasteiger charge is 2.34. The fourth-order valence-electron chi connectivity index (χ4n) is 3.94. The normalized spacial score (nSPS) is 17.7. The third kappa shape index (κ3) is 4.36. The van der Waals surface area contributed by atoms with Crippen LogP contribution in [-0.2, 0) is 4.79 Å². The zero-order chi connectivity index (χ0) is 22.1. The lowest BCUT2D eigenvalue weighted by atomic mass is 9.80. The first-order chi connectivity index (χ1) is 14.2. The average Bonchev–Trinajstić information content (AvgIpc) is 2.71. The van der Waals surface area contributed by atoms with Crippen molar-refractivity contribution in [3.63, 3.8) is 0 Å². The van der Waals surface area contributed by atoms with Crippen LogP contribution in [-0.4, -0.2) is 25.6 Å². The van der Waals surface area contributed by atoms with Crippen LogP contribution in [0.1, 0.15) is 44.2 Å². The van der Waals surface area contributed by atoms with Crippen molar-refractivity contribution in [1.29, 1.82) is 5.26 Å². The monoisotopic (exact) mass is 467 g/mol. The van der Waals surface area contributed by atoms with Crippen molar-refractivity contribution in [1.82, 2.24) is 0 Å². The quantitative estimate of drug-likeness (QED) is 0.460. The third-order valence-corrected chi connectivity index (χ3v) is 6.28. The van der Waals surface area contributed by atoms with E-state index in [2.05, 4.69) is 54.0 Å². The van der Waals surface area contributed by atoms with Gasteiger partial charge >= 0.3 is 0 Å². The van der Waals surface area contributed by atoms with Gasteiger partial charge in [0.15, 0.2) is 0 Å². The van der Waals surface area contributed by atoms with Gasteiger partial charge in [-0.3, -0.25) is 4.79 Å². The van der Waals surface area contributed by atoms with Crippen LogP contribution in [0.4, 0.5) is 11.4 Å². The van der Waals surface area contributed by atoms with Crippen LogP contribution in [0.15, 0.2) is 46.4 Å². The first kappa shape index (κ1) is 21.9. The SMILES string of the molecule is COc1cc2c(cc1/C=C(\C#N)C(=O)Nc1ccc(Br)cc1)C(C)CC(C)(C)N2C. The Kier molecular flexibility index (Phi) is 6.23. The van der Waals surface area contributed by atoms with E-state index in [9.17, 15) is 10.1 Å². The fourth-order valence-corrected chi connectivity index (χ4v) is 4.20. The first-order valence-corrected chi connectivity index (χ1v) is 10.6. The molecule has 1 amide bonds. The van der Waals surface area contributed by atoms with Gasteiger partial charge in [0.1, 0.15) is 17.4 Å². The van der Waals surface area contributed by atoms with Crippen LogP contribution in [0.2, 0.25) is 0 Å². The summed E-state index contributed by atoms with van der Waals surface area (Å²) in [5, 5.41) is 12.4. The van der Waals surface area contributed by atoms with Gasteiger partial charge in [-0.05, 0) is 68.2 Å². The molecule has 0 saturated carbocycles. The Balaban J connectivity index is 1.98. The summed E-state index contributed by atoms with van der Waals surface area (Å²) in [6.45, 7) is 6.67. The van der Waals surface area contributed by atoms with Gasteiger partial charge in [-0.2, -0.15) is 5.26 Å². The van der Waals surface area contributed by atoms with Gasteiger partial charge < -0.3 is 15.0 Å². The van der Waals surface area contributed by atoms with Crippen molar-refractivity contribution in [2.75, 3.05) is 24.4 Å². The summed E-state index contributed by atoms with van der Waals surface area (Å²) in [5.41, 5.74) is 3.71. The molecular formula is C24H26BrN3O2. The number of carbonyl (C=O) groups excluding carboxylic acids is 1. The van der Waals surface area contributed by atoms with E-state index < -0.39 is 5.91 Å². The molecular weight excluding hydrogens is 442 g/mol. The van der Waals surface area contributed by atoms with Gasteiger partial charge in [-0.1, -0.05) is 22.9 Å². The molecule has 156 valence electrons. The first-order valence-electron chi connectivity index (χ1n) is 9.80. The van der Waals surface area contributed by atoms with E-state index in [4.69, 9.17) is 4.74 Å². The summed E-state index contributed by atoms with van der Waals surface area (Å²) in [6.07, 6.45) is 2.61. The minimum absolute atomic E-state index is 0.0216. The number of carbonyl (C=O) groups is 1. The largest absolute Gasteiger partial charge is 0.496 e. The van der Waals surface area contributed by atoms with Gasteiger partial charge in [-0.25, -0.2) is 0 Å². The van der Waals surface area contributed by atoms with E-state index in [1.807, 2.05) is 30.3 Å². The fraction of sp³-hybridized carbons (Fsp3) is 0.333. The molecule has 1 unspecified atom stereocenters.